The molecule has 0 saturated carbocycles. The van der Waals surface area contributed by atoms with E-state index in [-0.39, 0.29) is 12.5 Å². The molecule has 0 aliphatic rings. The van der Waals surface area contributed by atoms with E-state index >= 15 is 0 Å². The second-order valence-electron chi connectivity index (χ2n) is 7.16. The molecule has 3 aromatic rings. The van der Waals surface area contributed by atoms with Crippen molar-refractivity contribution in [2.24, 2.45) is 4.99 Å². The average molecular weight is 563 g/mol. The van der Waals surface area contributed by atoms with Crippen LogP contribution in [0.3, 0.4) is 0 Å². The lowest BCUT2D eigenvalue weighted by Gasteiger charge is -2.15. The van der Waals surface area contributed by atoms with Crippen LogP contribution in [0.2, 0.25) is 5.02 Å². The van der Waals surface area contributed by atoms with Gasteiger partial charge in [0.1, 0.15) is 0 Å². The number of hydrogen-bond donors (Lipinski definition) is 1. The molecule has 0 saturated heterocycles. The highest BCUT2D eigenvalue weighted by Gasteiger charge is 2.14. The van der Waals surface area contributed by atoms with Crippen LogP contribution in [0.25, 0.3) is 0 Å². The van der Waals surface area contributed by atoms with Gasteiger partial charge < -0.3 is 14.8 Å². The number of halogens is 2. The van der Waals surface area contributed by atoms with Gasteiger partial charge in [0.15, 0.2) is 18.1 Å². The predicted molar refractivity (Wildman–Crippen MR) is 139 cm³/mol. The number of anilines is 1. The van der Waals surface area contributed by atoms with Crippen LogP contribution >= 0.6 is 34.2 Å². The molecule has 3 rings (SSSR count). The fourth-order valence-electron chi connectivity index (χ4n) is 2.85. The molecule has 3 aromatic carbocycles. The Labute approximate surface area is 206 Å². The van der Waals surface area contributed by atoms with Crippen molar-refractivity contribution in [3.05, 3.63) is 79.9 Å². The first-order valence-corrected chi connectivity index (χ1v) is 11.6. The quantitative estimate of drug-likeness (QED) is 0.245. The highest BCUT2D eigenvalue weighted by molar-refractivity contribution is 14.1. The van der Waals surface area contributed by atoms with Gasteiger partial charge in [-0.25, -0.2) is 0 Å². The lowest BCUT2D eigenvalue weighted by atomic mass is 10.2. The summed E-state index contributed by atoms with van der Waals surface area (Å²) in [5.41, 5.74) is 4.51. The Morgan fingerprint density at radius 2 is 1.84 bits per heavy atom. The normalized spacial score (nSPS) is 10.9. The van der Waals surface area contributed by atoms with Crippen molar-refractivity contribution in [2.75, 3.05) is 18.5 Å². The van der Waals surface area contributed by atoms with Crippen molar-refractivity contribution in [3.8, 4) is 11.5 Å². The van der Waals surface area contributed by atoms with Gasteiger partial charge in [-0.05, 0) is 90.9 Å². The van der Waals surface area contributed by atoms with Gasteiger partial charge in [0.05, 0.1) is 15.9 Å². The summed E-state index contributed by atoms with van der Waals surface area (Å²) in [6.45, 7) is 6.16. The number of hydrogen-bond acceptors (Lipinski definition) is 4. The third-order valence-electron chi connectivity index (χ3n) is 4.53. The Kier molecular flexibility index (Phi) is 8.53. The Morgan fingerprint density at radius 1 is 1.09 bits per heavy atom. The summed E-state index contributed by atoms with van der Waals surface area (Å²) in [4.78, 5) is 16.9. The molecule has 0 unspecified atom stereocenters. The molecule has 0 radical (unpaired) electrons. The van der Waals surface area contributed by atoms with Gasteiger partial charge >= 0.3 is 0 Å². The molecule has 0 aliphatic heterocycles. The van der Waals surface area contributed by atoms with Crippen molar-refractivity contribution in [3.63, 3.8) is 0 Å². The second kappa shape index (κ2) is 11.3. The summed E-state index contributed by atoms with van der Waals surface area (Å²) < 4.78 is 12.4. The maximum absolute atomic E-state index is 12.4. The third-order valence-corrected chi connectivity index (χ3v) is 5.74. The van der Waals surface area contributed by atoms with E-state index in [4.69, 9.17) is 21.1 Å². The monoisotopic (exact) mass is 562 g/mol. The van der Waals surface area contributed by atoms with E-state index < -0.39 is 0 Å². The summed E-state index contributed by atoms with van der Waals surface area (Å²) in [6, 6.07) is 17.2. The number of benzene rings is 3. The standard InChI is InChI=1S/C25H24ClIN2O3/c1-4-31-23-12-18(14-28-19-8-5-16(2)6-9-19)11-22(27)25(23)32-15-24(30)29-20-10-7-17(3)21(26)13-20/h5-14H,4,15H2,1-3H3,(H,29,30). The first kappa shape index (κ1) is 24.1. The minimum Gasteiger partial charge on any atom is -0.490 e. The third kappa shape index (κ3) is 6.71. The predicted octanol–water partition coefficient (Wildman–Crippen LogP) is 6.73. The van der Waals surface area contributed by atoms with Crippen LogP contribution in [0.5, 0.6) is 11.5 Å². The van der Waals surface area contributed by atoms with Gasteiger partial charge in [-0.15, -0.1) is 0 Å². The Hall–Kier alpha value is -2.58. The second-order valence-corrected chi connectivity index (χ2v) is 8.73. The van der Waals surface area contributed by atoms with E-state index in [9.17, 15) is 4.79 Å². The number of aliphatic imine (C=N–C) groups is 1. The Bertz CT molecular complexity index is 1130. The Balaban J connectivity index is 1.71. The zero-order valence-electron chi connectivity index (χ0n) is 18.1. The summed E-state index contributed by atoms with van der Waals surface area (Å²) in [5, 5.41) is 3.39. The highest BCUT2D eigenvalue weighted by Crippen LogP contribution is 2.34. The number of carbonyl (C=O) groups is 1. The van der Waals surface area contributed by atoms with Crippen molar-refractivity contribution in [1.82, 2.24) is 0 Å². The molecule has 0 aromatic heterocycles. The van der Waals surface area contributed by atoms with Crippen molar-refractivity contribution in [2.45, 2.75) is 20.8 Å². The van der Waals surface area contributed by atoms with Crippen molar-refractivity contribution >= 4 is 57.7 Å². The number of amides is 1. The number of nitrogens with zero attached hydrogens (tertiary/aromatic N) is 1. The molecule has 1 amide bonds. The molecule has 166 valence electrons. The molecule has 0 aliphatic carbocycles. The summed E-state index contributed by atoms with van der Waals surface area (Å²) in [6.07, 6.45) is 1.78. The van der Waals surface area contributed by atoms with Crippen LogP contribution in [-0.2, 0) is 4.79 Å². The topological polar surface area (TPSA) is 59.9 Å². The fourth-order valence-corrected chi connectivity index (χ4v) is 3.81. The maximum atomic E-state index is 12.4. The lowest BCUT2D eigenvalue weighted by molar-refractivity contribution is -0.118. The van der Waals surface area contributed by atoms with Gasteiger partial charge in [-0.2, -0.15) is 0 Å². The average Bonchev–Trinajstić information content (AvgIpc) is 2.75. The molecule has 0 spiro atoms. The zero-order chi connectivity index (χ0) is 23.1. The van der Waals surface area contributed by atoms with Crippen molar-refractivity contribution in [1.29, 1.82) is 0 Å². The molecule has 0 atom stereocenters. The van der Waals surface area contributed by atoms with Crippen LogP contribution in [0.15, 0.2) is 59.6 Å². The minimum absolute atomic E-state index is 0.154. The molecular formula is C25H24ClIN2O3. The minimum atomic E-state index is -0.284. The first-order valence-electron chi connectivity index (χ1n) is 10.1. The van der Waals surface area contributed by atoms with Crippen LogP contribution in [0.4, 0.5) is 11.4 Å². The molecule has 0 heterocycles. The fraction of sp³-hybridized carbons (Fsp3) is 0.200. The molecule has 7 heteroatoms. The van der Waals surface area contributed by atoms with E-state index in [1.54, 1.807) is 18.3 Å². The smallest absolute Gasteiger partial charge is 0.262 e. The van der Waals surface area contributed by atoms with E-state index in [0.29, 0.717) is 28.8 Å². The summed E-state index contributed by atoms with van der Waals surface area (Å²) >= 11 is 8.29. The highest BCUT2D eigenvalue weighted by atomic mass is 127. The van der Waals surface area contributed by atoms with E-state index in [2.05, 4.69) is 32.9 Å². The van der Waals surface area contributed by atoms with Gasteiger partial charge in [0.2, 0.25) is 0 Å². The van der Waals surface area contributed by atoms with Gasteiger partial charge in [0.25, 0.3) is 5.91 Å². The van der Waals surface area contributed by atoms with E-state index in [1.165, 1.54) is 5.56 Å². The van der Waals surface area contributed by atoms with Crippen LogP contribution in [0.1, 0.15) is 23.6 Å². The number of rotatable bonds is 8. The van der Waals surface area contributed by atoms with Crippen LogP contribution in [0, 0.1) is 17.4 Å². The zero-order valence-corrected chi connectivity index (χ0v) is 21.0. The number of nitrogens with one attached hydrogen (secondary N) is 1. The number of ether oxygens (including phenoxy) is 2. The molecule has 0 fully saturated rings. The van der Waals surface area contributed by atoms with Crippen LogP contribution in [-0.4, -0.2) is 25.3 Å². The Morgan fingerprint density at radius 3 is 2.53 bits per heavy atom. The van der Waals surface area contributed by atoms with E-state index in [1.807, 2.05) is 63.2 Å². The van der Waals surface area contributed by atoms with E-state index in [0.717, 1.165) is 20.4 Å². The summed E-state index contributed by atoms with van der Waals surface area (Å²) in [5.74, 6) is 0.807. The first-order chi connectivity index (χ1) is 15.4. The molecular weight excluding hydrogens is 539 g/mol. The van der Waals surface area contributed by atoms with Crippen molar-refractivity contribution < 1.29 is 14.3 Å². The van der Waals surface area contributed by atoms with Gasteiger partial charge in [-0.3, -0.25) is 9.79 Å². The summed E-state index contributed by atoms with van der Waals surface area (Å²) in [7, 11) is 0. The number of carbonyl (C=O) groups excluding carboxylic acids is 1. The molecule has 1 N–H and O–H groups in total. The molecule has 0 bridgehead atoms. The van der Waals surface area contributed by atoms with Gasteiger partial charge in [0, 0.05) is 16.9 Å². The SMILES string of the molecule is CCOc1cc(C=Nc2ccc(C)cc2)cc(I)c1OCC(=O)Nc1ccc(C)c(Cl)c1. The van der Waals surface area contributed by atoms with Gasteiger partial charge in [-0.1, -0.05) is 35.4 Å². The number of aryl methyl sites for hydroxylation is 2. The largest absolute Gasteiger partial charge is 0.490 e. The molecule has 5 nitrogen and oxygen atoms in total. The maximum Gasteiger partial charge on any atom is 0.262 e. The molecule has 32 heavy (non-hydrogen) atoms. The van der Waals surface area contributed by atoms with Crippen LogP contribution < -0.4 is 14.8 Å². The lowest BCUT2D eigenvalue weighted by Crippen LogP contribution is -2.20.